The SMILES string of the molecule is O=C1S/C(=C\c2ccc(-c3ccccc3)cc2)C(=O)N1CC(O)(O)C(F)(F)F. The Kier molecular flexibility index (Phi) is 5.33. The highest BCUT2D eigenvalue weighted by molar-refractivity contribution is 8.18. The second kappa shape index (κ2) is 7.42. The number of alkyl halides is 3. The van der Waals surface area contributed by atoms with Crippen molar-refractivity contribution in [1.82, 2.24) is 4.90 Å². The second-order valence-electron chi connectivity index (χ2n) is 6.07. The quantitative estimate of drug-likeness (QED) is 0.596. The molecule has 28 heavy (non-hydrogen) atoms. The molecule has 0 unspecified atom stereocenters. The summed E-state index contributed by atoms with van der Waals surface area (Å²) in [5.74, 6) is -5.19. The molecule has 3 rings (SSSR count). The zero-order chi connectivity index (χ0) is 20.5. The van der Waals surface area contributed by atoms with E-state index in [1.165, 1.54) is 6.08 Å². The molecule has 0 aliphatic carbocycles. The predicted molar refractivity (Wildman–Crippen MR) is 97.8 cm³/mol. The summed E-state index contributed by atoms with van der Waals surface area (Å²) in [5, 5.41) is 17.2. The Labute approximate surface area is 162 Å². The van der Waals surface area contributed by atoms with Gasteiger partial charge in [0.25, 0.3) is 16.9 Å². The molecule has 5 nitrogen and oxygen atoms in total. The molecule has 1 heterocycles. The molecule has 1 saturated heterocycles. The summed E-state index contributed by atoms with van der Waals surface area (Å²) in [6.07, 6.45) is -4.04. The smallest absolute Gasteiger partial charge is 0.357 e. The Bertz CT molecular complexity index is 924. The lowest BCUT2D eigenvalue weighted by atomic mass is 10.0. The maximum Gasteiger partial charge on any atom is 0.444 e. The van der Waals surface area contributed by atoms with Crippen molar-refractivity contribution in [3.63, 3.8) is 0 Å². The fourth-order valence-corrected chi connectivity index (χ4v) is 3.34. The van der Waals surface area contributed by atoms with Gasteiger partial charge in [-0.05, 0) is 34.5 Å². The molecular weight excluding hydrogens is 395 g/mol. The average molecular weight is 409 g/mol. The summed E-state index contributed by atoms with van der Waals surface area (Å²) in [7, 11) is 0. The first-order valence-corrected chi connectivity index (χ1v) is 8.82. The number of thioether (sulfide) groups is 1. The highest BCUT2D eigenvalue weighted by Crippen LogP contribution is 2.36. The number of hydrogen-bond acceptors (Lipinski definition) is 5. The van der Waals surface area contributed by atoms with Gasteiger partial charge in [0.1, 0.15) is 0 Å². The number of halogens is 3. The average Bonchev–Trinajstić information content (AvgIpc) is 2.89. The lowest BCUT2D eigenvalue weighted by molar-refractivity contribution is -0.348. The van der Waals surface area contributed by atoms with Crippen molar-refractivity contribution in [1.29, 1.82) is 0 Å². The molecule has 0 aromatic heterocycles. The largest absolute Gasteiger partial charge is 0.444 e. The van der Waals surface area contributed by atoms with E-state index in [4.69, 9.17) is 10.2 Å². The molecule has 0 spiro atoms. The Morgan fingerprint density at radius 2 is 1.50 bits per heavy atom. The number of amides is 2. The highest BCUT2D eigenvalue weighted by Gasteiger charge is 2.56. The van der Waals surface area contributed by atoms with E-state index in [1.54, 1.807) is 12.1 Å². The number of carbonyl (C=O) groups is 2. The number of aliphatic hydroxyl groups is 2. The summed E-state index contributed by atoms with van der Waals surface area (Å²) in [6.45, 7) is -1.59. The van der Waals surface area contributed by atoms with Gasteiger partial charge in [-0.15, -0.1) is 0 Å². The Hall–Kier alpha value is -2.62. The Morgan fingerprint density at radius 3 is 2.07 bits per heavy atom. The fourth-order valence-electron chi connectivity index (χ4n) is 2.50. The van der Waals surface area contributed by atoms with Crippen LogP contribution in [0.4, 0.5) is 18.0 Å². The van der Waals surface area contributed by atoms with Gasteiger partial charge in [0.05, 0.1) is 11.4 Å². The molecule has 0 atom stereocenters. The molecule has 1 aliphatic heterocycles. The summed E-state index contributed by atoms with van der Waals surface area (Å²) < 4.78 is 37.8. The molecule has 0 radical (unpaired) electrons. The van der Waals surface area contributed by atoms with E-state index in [2.05, 4.69) is 0 Å². The Morgan fingerprint density at radius 1 is 0.929 bits per heavy atom. The molecule has 0 bridgehead atoms. The lowest BCUT2D eigenvalue weighted by Gasteiger charge is -2.27. The molecule has 2 aromatic rings. The van der Waals surface area contributed by atoms with Crippen molar-refractivity contribution in [2.24, 2.45) is 0 Å². The first-order chi connectivity index (χ1) is 13.1. The van der Waals surface area contributed by atoms with Gasteiger partial charge in [-0.2, -0.15) is 13.2 Å². The van der Waals surface area contributed by atoms with Crippen LogP contribution in [0.5, 0.6) is 0 Å². The van der Waals surface area contributed by atoms with Crippen LogP contribution < -0.4 is 0 Å². The van der Waals surface area contributed by atoms with Crippen molar-refractivity contribution >= 4 is 29.0 Å². The van der Waals surface area contributed by atoms with E-state index in [0.717, 1.165) is 11.1 Å². The van der Waals surface area contributed by atoms with E-state index >= 15 is 0 Å². The molecule has 146 valence electrons. The van der Waals surface area contributed by atoms with Crippen LogP contribution in [0.1, 0.15) is 5.56 Å². The van der Waals surface area contributed by atoms with Gasteiger partial charge in [0.2, 0.25) is 0 Å². The summed E-state index contributed by atoms with van der Waals surface area (Å²) in [4.78, 5) is 24.2. The number of carbonyl (C=O) groups excluding carboxylic acids is 2. The van der Waals surface area contributed by atoms with E-state index in [0.29, 0.717) is 17.3 Å². The van der Waals surface area contributed by atoms with Crippen LogP contribution >= 0.6 is 11.8 Å². The van der Waals surface area contributed by atoms with Gasteiger partial charge < -0.3 is 10.2 Å². The van der Waals surface area contributed by atoms with Crippen LogP contribution in [-0.2, 0) is 4.79 Å². The molecule has 0 saturated carbocycles. The van der Waals surface area contributed by atoms with Gasteiger partial charge in [-0.25, -0.2) is 0 Å². The van der Waals surface area contributed by atoms with Crippen LogP contribution in [0.3, 0.4) is 0 Å². The molecule has 9 heteroatoms. The minimum absolute atomic E-state index is 0.101. The summed E-state index contributed by atoms with van der Waals surface area (Å²) >= 11 is 0.437. The minimum Gasteiger partial charge on any atom is -0.357 e. The lowest BCUT2D eigenvalue weighted by Crippen LogP contribution is -2.54. The molecule has 1 aliphatic rings. The minimum atomic E-state index is -5.40. The number of benzene rings is 2. The monoisotopic (exact) mass is 409 g/mol. The van der Waals surface area contributed by atoms with Crippen molar-refractivity contribution in [2.75, 3.05) is 6.54 Å². The van der Waals surface area contributed by atoms with Crippen LogP contribution in [0, 0.1) is 0 Å². The van der Waals surface area contributed by atoms with Gasteiger partial charge in [-0.1, -0.05) is 54.6 Å². The molecule has 2 aromatic carbocycles. The predicted octanol–water partition coefficient (Wildman–Crippen LogP) is 3.63. The zero-order valence-corrected chi connectivity index (χ0v) is 15.0. The van der Waals surface area contributed by atoms with Gasteiger partial charge in [0.15, 0.2) is 0 Å². The van der Waals surface area contributed by atoms with Crippen molar-refractivity contribution in [3.8, 4) is 11.1 Å². The first kappa shape index (κ1) is 20.1. The molecule has 1 fully saturated rings. The fraction of sp³-hybridized carbons (Fsp3) is 0.158. The highest BCUT2D eigenvalue weighted by atomic mass is 32.2. The topological polar surface area (TPSA) is 77.8 Å². The standard InChI is InChI=1S/C19H14F3NO4S/c20-19(21,22)18(26,27)11-23-16(24)15(28-17(23)25)10-12-6-8-14(9-7-12)13-4-2-1-3-5-13/h1-10,26-27H,11H2/b15-10-. The van der Waals surface area contributed by atoms with E-state index in [-0.39, 0.29) is 9.81 Å². The molecule has 2 amide bonds. The van der Waals surface area contributed by atoms with Crippen LogP contribution in [0.15, 0.2) is 59.5 Å². The maximum absolute atomic E-state index is 12.6. The number of hydrogen-bond donors (Lipinski definition) is 2. The molecule has 2 N–H and O–H groups in total. The number of β-amino-alcohol motifs (C(OH)–C–C–N with tert-alkyl or cyclic N) is 2. The van der Waals surface area contributed by atoms with Gasteiger partial charge in [0, 0.05) is 0 Å². The van der Waals surface area contributed by atoms with Gasteiger partial charge >= 0.3 is 6.18 Å². The van der Waals surface area contributed by atoms with Crippen molar-refractivity contribution < 1.29 is 33.0 Å². The van der Waals surface area contributed by atoms with Crippen molar-refractivity contribution in [2.45, 2.75) is 12.0 Å². The first-order valence-electron chi connectivity index (χ1n) is 8.01. The summed E-state index contributed by atoms with van der Waals surface area (Å²) in [5.41, 5.74) is 2.49. The van der Waals surface area contributed by atoms with Gasteiger partial charge in [-0.3, -0.25) is 14.5 Å². The van der Waals surface area contributed by atoms with E-state index in [1.807, 2.05) is 42.5 Å². The summed E-state index contributed by atoms with van der Waals surface area (Å²) in [6, 6.07) is 16.5. The van der Waals surface area contributed by atoms with E-state index in [9.17, 15) is 22.8 Å². The van der Waals surface area contributed by atoms with Crippen LogP contribution in [0.25, 0.3) is 17.2 Å². The maximum atomic E-state index is 12.6. The van der Waals surface area contributed by atoms with Crippen LogP contribution in [-0.4, -0.2) is 44.8 Å². The third kappa shape index (κ3) is 4.11. The number of rotatable bonds is 4. The van der Waals surface area contributed by atoms with Crippen LogP contribution in [0.2, 0.25) is 0 Å². The third-order valence-electron chi connectivity index (χ3n) is 4.02. The second-order valence-corrected chi connectivity index (χ2v) is 7.06. The normalized spacial score (nSPS) is 16.9. The van der Waals surface area contributed by atoms with Crippen molar-refractivity contribution in [3.05, 3.63) is 65.1 Å². The third-order valence-corrected chi connectivity index (χ3v) is 4.93. The number of nitrogens with zero attached hydrogens (tertiary/aromatic N) is 1. The molecular formula is C19H14F3NO4S. The zero-order valence-electron chi connectivity index (χ0n) is 14.2. The van der Waals surface area contributed by atoms with E-state index < -0.39 is 29.7 Å². The Balaban J connectivity index is 1.78. The number of imide groups is 1.